The highest BCUT2D eigenvalue weighted by molar-refractivity contribution is 5.95. The Labute approximate surface area is 217 Å². The van der Waals surface area contributed by atoms with Crippen LogP contribution in [0.25, 0.3) is 11.6 Å². The molecule has 194 valence electrons. The van der Waals surface area contributed by atoms with Crippen LogP contribution in [0.3, 0.4) is 0 Å². The van der Waals surface area contributed by atoms with E-state index < -0.39 is 6.17 Å². The number of pyridine rings is 1. The monoisotopic (exact) mass is 504 g/mol. The highest BCUT2D eigenvalue weighted by atomic mass is 19.1. The van der Waals surface area contributed by atoms with Crippen molar-refractivity contribution in [3.8, 4) is 17.6 Å². The summed E-state index contributed by atoms with van der Waals surface area (Å²) in [5.74, 6) is 7.42. The number of rotatable bonds is 7. The first-order valence-corrected chi connectivity index (χ1v) is 12.2. The molecular formula is C28H33FN6O2. The molecule has 2 atom stereocenters. The van der Waals surface area contributed by atoms with Gasteiger partial charge >= 0.3 is 0 Å². The lowest BCUT2D eigenvalue weighted by molar-refractivity contribution is 0.0827. The summed E-state index contributed by atoms with van der Waals surface area (Å²) < 4.78 is 21.8. The molecule has 9 heteroatoms. The zero-order chi connectivity index (χ0) is 26.5. The van der Waals surface area contributed by atoms with Gasteiger partial charge in [0.15, 0.2) is 0 Å². The number of carbonyl (C=O) groups is 1. The lowest BCUT2D eigenvalue weighted by Gasteiger charge is -2.33. The summed E-state index contributed by atoms with van der Waals surface area (Å²) in [5.41, 5.74) is 3.54. The van der Waals surface area contributed by atoms with E-state index in [1.165, 1.54) is 4.90 Å². The molecule has 3 heterocycles. The first-order chi connectivity index (χ1) is 17.8. The standard InChI is InChI=1S/C28H33FN6O2/c1-6-20-22(9-8-15-30-24-13-12-19(17-26(24)37-5)28(36)33(2)3)32-35-25(20)10-7-11-27(35)31-23-14-16-34(4)18-21(23)29/h6-7,10-13,17,21,23,30-31H,1,14-16,18H2,2-5H3/t21-,23+/m0/s1. The quantitative estimate of drug-likeness (QED) is 0.479. The number of anilines is 2. The maximum Gasteiger partial charge on any atom is 0.253 e. The normalized spacial score (nSPS) is 17.5. The van der Waals surface area contributed by atoms with Crippen molar-refractivity contribution >= 4 is 29.0 Å². The van der Waals surface area contributed by atoms with E-state index in [-0.39, 0.29) is 11.9 Å². The van der Waals surface area contributed by atoms with E-state index in [9.17, 15) is 9.18 Å². The van der Waals surface area contributed by atoms with Gasteiger partial charge in [-0.1, -0.05) is 24.6 Å². The predicted molar refractivity (Wildman–Crippen MR) is 146 cm³/mol. The largest absolute Gasteiger partial charge is 0.495 e. The molecule has 1 aliphatic rings. The van der Waals surface area contributed by atoms with Gasteiger partial charge in [-0.15, -0.1) is 0 Å². The Morgan fingerprint density at radius 2 is 2.16 bits per heavy atom. The van der Waals surface area contributed by atoms with Crippen LogP contribution in [0.1, 0.15) is 28.0 Å². The van der Waals surface area contributed by atoms with Crippen molar-refractivity contribution in [2.24, 2.45) is 0 Å². The fraction of sp³-hybridized carbons (Fsp3) is 0.357. The first kappa shape index (κ1) is 26.0. The van der Waals surface area contributed by atoms with E-state index in [1.54, 1.807) is 50.0 Å². The number of likely N-dealkylation sites (tertiary alicyclic amines) is 1. The minimum absolute atomic E-state index is 0.0971. The van der Waals surface area contributed by atoms with E-state index in [1.807, 2.05) is 30.1 Å². The smallest absolute Gasteiger partial charge is 0.253 e. The number of ether oxygens (including phenoxy) is 1. The molecule has 3 aromatic rings. The Morgan fingerprint density at radius 3 is 2.86 bits per heavy atom. The van der Waals surface area contributed by atoms with Crippen molar-refractivity contribution in [3.63, 3.8) is 0 Å². The Morgan fingerprint density at radius 1 is 1.35 bits per heavy atom. The first-order valence-electron chi connectivity index (χ1n) is 12.2. The lowest BCUT2D eigenvalue weighted by Crippen LogP contribution is -2.46. The summed E-state index contributed by atoms with van der Waals surface area (Å²) in [6.07, 6.45) is 1.50. The lowest BCUT2D eigenvalue weighted by atomic mass is 10.0. The summed E-state index contributed by atoms with van der Waals surface area (Å²) in [7, 11) is 6.91. The van der Waals surface area contributed by atoms with Gasteiger partial charge in [-0.05, 0) is 49.7 Å². The summed E-state index contributed by atoms with van der Waals surface area (Å²) >= 11 is 0. The minimum atomic E-state index is -0.958. The van der Waals surface area contributed by atoms with Gasteiger partial charge in [-0.25, -0.2) is 8.91 Å². The molecule has 2 aromatic heterocycles. The number of hydrogen-bond donors (Lipinski definition) is 2. The van der Waals surface area contributed by atoms with Crippen molar-refractivity contribution < 1.29 is 13.9 Å². The van der Waals surface area contributed by atoms with E-state index in [2.05, 4.69) is 29.1 Å². The van der Waals surface area contributed by atoms with Crippen LogP contribution in [0.2, 0.25) is 0 Å². The average molecular weight is 505 g/mol. The Hall–Kier alpha value is -4.03. The van der Waals surface area contributed by atoms with Gasteiger partial charge in [0, 0.05) is 38.3 Å². The van der Waals surface area contributed by atoms with Gasteiger partial charge in [-0.3, -0.25) is 4.79 Å². The SMILES string of the molecule is C=Cc1c(C#CCNc2ccc(C(=O)N(C)C)cc2OC)nn2c(N[C@@H]3CCN(C)C[C@@H]3F)cccc12. The highest BCUT2D eigenvalue weighted by Gasteiger charge is 2.28. The molecular weight excluding hydrogens is 471 g/mol. The summed E-state index contributed by atoms with van der Waals surface area (Å²) in [6, 6.07) is 10.7. The molecule has 0 radical (unpaired) electrons. The fourth-order valence-corrected chi connectivity index (χ4v) is 4.40. The number of carbonyl (C=O) groups excluding carboxylic acids is 1. The predicted octanol–water partition coefficient (Wildman–Crippen LogP) is 3.61. The second kappa shape index (κ2) is 11.4. The van der Waals surface area contributed by atoms with Crippen LogP contribution in [-0.4, -0.2) is 85.4 Å². The van der Waals surface area contributed by atoms with E-state index in [0.29, 0.717) is 30.1 Å². The number of halogens is 1. The van der Waals surface area contributed by atoms with Crippen molar-refractivity contribution in [2.75, 3.05) is 58.5 Å². The number of nitrogens with one attached hydrogen (secondary N) is 2. The van der Waals surface area contributed by atoms with Crippen LogP contribution in [0.5, 0.6) is 5.75 Å². The molecule has 1 amide bonds. The number of fused-ring (bicyclic) bond motifs is 1. The number of hydrogen-bond acceptors (Lipinski definition) is 6. The maximum absolute atomic E-state index is 14.6. The number of alkyl halides is 1. The molecule has 0 saturated carbocycles. The Bertz CT molecular complexity index is 1360. The van der Waals surface area contributed by atoms with Gasteiger partial charge in [-0.2, -0.15) is 5.10 Å². The number of methoxy groups -OCH3 is 1. The van der Waals surface area contributed by atoms with Crippen molar-refractivity contribution in [1.29, 1.82) is 0 Å². The minimum Gasteiger partial charge on any atom is -0.495 e. The summed E-state index contributed by atoms with van der Waals surface area (Å²) in [4.78, 5) is 15.7. The van der Waals surface area contributed by atoms with E-state index in [4.69, 9.17) is 9.84 Å². The summed E-state index contributed by atoms with van der Waals surface area (Å²) in [6.45, 7) is 5.53. The molecule has 8 nitrogen and oxygen atoms in total. The number of nitrogens with zero attached hydrogens (tertiary/aromatic N) is 4. The summed E-state index contributed by atoms with van der Waals surface area (Å²) in [5, 5.41) is 11.3. The molecule has 4 rings (SSSR count). The molecule has 0 aliphatic carbocycles. The molecule has 1 aromatic carbocycles. The van der Waals surface area contributed by atoms with E-state index in [0.717, 1.165) is 35.6 Å². The zero-order valence-corrected chi connectivity index (χ0v) is 21.7. The van der Waals surface area contributed by atoms with Crippen LogP contribution < -0.4 is 15.4 Å². The third-order valence-corrected chi connectivity index (χ3v) is 6.41. The highest BCUT2D eigenvalue weighted by Crippen LogP contribution is 2.26. The molecule has 37 heavy (non-hydrogen) atoms. The van der Waals surface area contributed by atoms with E-state index >= 15 is 0 Å². The third kappa shape index (κ3) is 5.70. The van der Waals surface area contributed by atoms with Crippen LogP contribution >= 0.6 is 0 Å². The number of benzene rings is 1. The van der Waals surface area contributed by atoms with Gasteiger partial charge in [0.2, 0.25) is 0 Å². The maximum atomic E-state index is 14.6. The molecule has 1 aliphatic heterocycles. The van der Waals surface area contributed by atoms with Gasteiger partial charge in [0.1, 0.15) is 23.4 Å². The van der Waals surface area contributed by atoms with Crippen molar-refractivity contribution in [3.05, 3.63) is 59.8 Å². The van der Waals surface area contributed by atoms with Gasteiger partial charge < -0.3 is 25.2 Å². The second-order valence-electron chi connectivity index (χ2n) is 9.26. The molecule has 1 fully saturated rings. The number of amides is 1. The molecule has 0 unspecified atom stereocenters. The van der Waals surface area contributed by atoms with Crippen LogP contribution in [-0.2, 0) is 0 Å². The number of piperidine rings is 1. The molecule has 0 spiro atoms. The van der Waals surface area contributed by atoms with Crippen molar-refractivity contribution in [2.45, 2.75) is 18.6 Å². The topological polar surface area (TPSA) is 74.1 Å². The average Bonchev–Trinajstić information content (AvgIpc) is 3.26. The van der Waals surface area contributed by atoms with Gasteiger partial charge in [0.05, 0.1) is 30.9 Å². The second-order valence-corrected chi connectivity index (χ2v) is 9.26. The molecule has 1 saturated heterocycles. The van der Waals surface area contributed by atoms with Crippen molar-refractivity contribution in [1.82, 2.24) is 19.4 Å². The van der Waals surface area contributed by atoms with Crippen LogP contribution in [0, 0.1) is 11.8 Å². The van der Waals surface area contributed by atoms with Crippen LogP contribution in [0.4, 0.5) is 15.9 Å². The Balaban J connectivity index is 1.52. The molecule has 0 bridgehead atoms. The number of aromatic nitrogens is 2. The van der Waals surface area contributed by atoms with Gasteiger partial charge in [0.25, 0.3) is 5.91 Å². The fourth-order valence-electron chi connectivity index (χ4n) is 4.40. The Kier molecular flexibility index (Phi) is 7.99. The molecule has 2 N–H and O–H groups in total. The zero-order valence-electron chi connectivity index (χ0n) is 21.7. The van der Waals surface area contributed by atoms with Crippen LogP contribution in [0.15, 0.2) is 43.0 Å². The third-order valence-electron chi connectivity index (χ3n) is 6.41.